The number of aromatic amines is 2. The molecule has 1 aliphatic heterocycles. The lowest BCUT2D eigenvalue weighted by atomic mass is 10.1. The van der Waals surface area contributed by atoms with E-state index < -0.39 is 0 Å². The number of hydrogen-bond donors (Lipinski definition) is 3. The molecule has 0 spiro atoms. The smallest absolute Gasteiger partial charge is 0.254 e. The van der Waals surface area contributed by atoms with Gasteiger partial charge in [0.25, 0.3) is 5.91 Å². The molecule has 1 fully saturated rings. The number of hydrogen-bond acceptors (Lipinski definition) is 5. The SMILES string of the molecule is CC(=O)Nc1cncc(-c2cnc3n[nH]c(-c4cc5c(C(=O)N6CCCC6)cccc5[nH]4)c3c2)c1. The molecule has 2 amide bonds. The first-order valence-electron chi connectivity index (χ1n) is 11.6. The highest BCUT2D eigenvalue weighted by Gasteiger charge is 2.22. The van der Waals surface area contributed by atoms with Gasteiger partial charge in [-0.25, -0.2) is 4.98 Å². The standard InChI is InChI=1S/C26H23N7O2/c1-15(34)29-18-9-16(12-27-14-18)17-10-21-24(31-32-25(21)28-13-17)23-11-20-19(5-4-6-22(20)30-23)26(35)33-7-2-3-8-33/h4-6,9-14,30H,2-3,7-8H2,1H3,(H,29,34)(H,28,31,32). The zero-order valence-corrected chi connectivity index (χ0v) is 19.1. The molecule has 6 rings (SSSR count). The number of aromatic nitrogens is 5. The third-order valence-corrected chi connectivity index (χ3v) is 6.36. The third-order valence-electron chi connectivity index (χ3n) is 6.36. The van der Waals surface area contributed by atoms with Crippen LogP contribution in [0.4, 0.5) is 5.69 Å². The first-order valence-corrected chi connectivity index (χ1v) is 11.6. The molecule has 35 heavy (non-hydrogen) atoms. The van der Waals surface area contributed by atoms with Crippen molar-refractivity contribution in [1.82, 2.24) is 30.0 Å². The van der Waals surface area contributed by atoms with Crippen molar-refractivity contribution in [1.29, 1.82) is 0 Å². The summed E-state index contributed by atoms with van der Waals surface area (Å²) in [6.45, 7) is 3.08. The molecule has 5 aromatic rings. The van der Waals surface area contributed by atoms with Gasteiger partial charge < -0.3 is 15.2 Å². The maximum Gasteiger partial charge on any atom is 0.254 e. The van der Waals surface area contributed by atoms with Crippen molar-refractivity contribution in [3.63, 3.8) is 0 Å². The number of fused-ring (bicyclic) bond motifs is 2. The summed E-state index contributed by atoms with van der Waals surface area (Å²) < 4.78 is 0. The Morgan fingerprint density at radius 1 is 1.00 bits per heavy atom. The van der Waals surface area contributed by atoms with Crippen molar-refractivity contribution in [3.8, 4) is 22.5 Å². The summed E-state index contributed by atoms with van der Waals surface area (Å²) in [7, 11) is 0. The van der Waals surface area contributed by atoms with E-state index in [1.165, 1.54) is 6.92 Å². The highest BCUT2D eigenvalue weighted by molar-refractivity contribution is 6.08. The molecule has 9 nitrogen and oxygen atoms in total. The molecule has 1 saturated heterocycles. The van der Waals surface area contributed by atoms with Gasteiger partial charge in [-0.1, -0.05) is 6.07 Å². The number of nitrogens with one attached hydrogen (secondary N) is 3. The van der Waals surface area contributed by atoms with Gasteiger partial charge in [0, 0.05) is 65.4 Å². The van der Waals surface area contributed by atoms with E-state index in [4.69, 9.17) is 0 Å². The average molecular weight is 466 g/mol. The van der Waals surface area contributed by atoms with Gasteiger partial charge in [0.1, 0.15) is 0 Å². The highest BCUT2D eigenvalue weighted by Crippen LogP contribution is 2.32. The van der Waals surface area contributed by atoms with Crippen LogP contribution in [0.3, 0.4) is 0 Å². The molecule has 1 aromatic carbocycles. The minimum absolute atomic E-state index is 0.0728. The van der Waals surface area contributed by atoms with Crippen molar-refractivity contribution in [2.24, 2.45) is 0 Å². The zero-order valence-electron chi connectivity index (χ0n) is 19.1. The quantitative estimate of drug-likeness (QED) is 0.364. The largest absolute Gasteiger partial charge is 0.353 e. The zero-order chi connectivity index (χ0) is 23.9. The number of anilines is 1. The molecule has 3 N–H and O–H groups in total. The lowest BCUT2D eigenvalue weighted by Gasteiger charge is -2.15. The van der Waals surface area contributed by atoms with Crippen LogP contribution in [-0.4, -0.2) is 55.0 Å². The van der Waals surface area contributed by atoms with Gasteiger partial charge in [-0.3, -0.25) is 19.7 Å². The molecule has 4 aromatic heterocycles. The van der Waals surface area contributed by atoms with Crippen LogP contribution < -0.4 is 5.32 Å². The van der Waals surface area contributed by atoms with E-state index in [9.17, 15) is 9.59 Å². The lowest BCUT2D eigenvalue weighted by molar-refractivity contribution is -0.114. The number of H-pyrrole nitrogens is 2. The summed E-state index contributed by atoms with van der Waals surface area (Å²) in [6.07, 6.45) is 7.18. The van der Waals surface area contributed by atoms with Gasteiger partial charge >= 0.3 is 0 Å². The number of amides is 2. The van der Waals surface area contributed by atoms with Gasteiger partial charge in [-0.2, -0.15) is 5.10 Å². The van der Waals surface area contributed by atoms with Gasteiger partial charge in [-0.15, -0.1) is 0 Å². The molecule has 0 bridgehead atoms. The van der Waals surface area contributed by atoms with E-state index in [2.05, 4.69) is 30.5 Å². The van der Waals surface area contributed by atoms with Crippen LogP contribution in [0.1, 0.15) is 30.1 Å². The Kier molecular flexibility index (Phi) is 5.02. The van der Waals surface area contributed by atoms with Crippen molar-refractivity contribution < 1.29 is 9.59 Å². The van der Waals surface area contributed by atoms with Gasteiger partial charge in [0.2, 0.25) is 5.91 Å². The number of rotatable bonds is 4. The predicted molar refractivity (Wildman–Crippen MR) is 134 cm³/mol. The number of likely N-dealkylation sites (tertiary alicyclic amines) is 1. The Balaban J connectivity index is 1.41. The van der Waals surface area contributed by atoms with Crippen LogP contribution in [0.25, 0.3) is 44.5 Å². The number of pyridine rings is 2. The van der Waals surface area contributed by atoms with Crippen LogP contribution in [0.5, 0.6) is 0 Å². The van der Waals surface area contributed by atoms with Gasteiger partial charge in [0.15, 0.2) is 5.65 Å². The summed E-state index contributed by atoms with van der Waals surface area (Å²) in [5.41, 5.74) is 6.09. The minimum atomic E-state index is -0.156. The van der Waals surface area contributed by atoms with E-state index in [0.29, 0.717) is 16.9 Å². The molecule has 1 aliphatic rings. The monoisotopic (exact) mass is 465 g/mol. The summed E-state index contributed by atoms with van der Waals surface area (Å²) in [6, 6.07) is 11.6. The summed E-state index contributed by atoms with van der Waals surface area (Å²) in [5.74, 6) is -0.0836. The summed E-state index contributed by atoms with van der Waals surface area (Å²) in [5, 5.41) is 12.0. The number of carbonyl (C=O) groups is 2. The fraction of sp³-hybridized carbons (Fsp3) is 0.192. The van der Waals surface area contributed by atoms with Crippen molar-refractivity contribution >= 4 is 39.4 Å². The maximum atomic E-state index is 13.1. The van der Waals surface area contributed by atoms with Crippen LogP contribution in [0, 0.1) is 0 Å². The van der Waals surface area contributed by atoms with E-state index in [0.717, 1.165) is 64.7 Å². The van der Waals surface area contributed by atoms with E-state index in [1.54, 1.807) is 18.6 Å². The average Bonchev–Trinajstić information content (AvgIpc) is 3.62. The number of carbonyl (C=O) groups excluding carboxylic acids is 2. The van der Waals surface area contributed by atoms with E-state index in [1.807, 2.05) is 41.3 Å². The molecule has 0 radical (unpaired) electrons. The molecule has 5 heterocycles. The molecular weight excluding hydrogens is 442 g/mol. The van der Waals surface area contributed by atoms with Crippen LogP contribution in [0.2, 0.25) is 0 Å². The predicted octanol–water partition coefficient (Wildman–Crippen LogP) is 4.36. The Labute approximate surface area is 200 Å². The van der Waals surface area contributed by atoms with Crippen molar-refractivity contribution in [2.75, 3.05) is 18.4 Å². The third kappa shape index (κ3) is 3.80. The molecule has 0 atom stereocenters. The molecule has 0 unspecified atom stereocenters. The second-order valence-electron chi connectivity index (χ2n) is 8.79. The van der Waals surface area contributed by atoms with Crippen molar-refractivity contribution in [2.45, 2.75) is 19.8 Å². The first-order chi connectivity index (χ1) is 17.1. The Hall–Kier alpha value is -4.53. The molecule has 0 saturated carbocycles. The number of benzene rings is 1. The molecule has 9 heteroatoms. The Morgan fingerprint density at radius 2 is 1.83 bits per heavy atom. The molecular formula is C26H23N7O2. The molecule has 0 aliphatic carbocycles. The van der Waals surface area contributed by atoms with Crippen LogP contribution in [0.15, 0.2) is 55.0 Å². The minimum Gasteiger partial charge on any atom is -0.353 e. The Bertz CT molecular complexity index is 1590. The van der Waals surface area contributed by atoms with Crippen molar-refractivity contribution in [3.05, 3.63) is 60.6 Å². The highest BCUT2D eigenvalue weighted by atomic mass is 16.2. The lowest BCUT2D eigenvalue weighted by Crippen LogP contribution is -2.27. The fourth-order valence-electron chi connectivity index (χ4n) is 4.70. The second-order valence-corrected chi connectivity index (χ2v) is 8.79. The van der Waals surface area contributed by atoms with Gasteiger partial charge in [0.05, 0.1) is 23.3 Å². The van der Waals surface area contributed by atoms with Crippen LogP contribution >= 0.6 is 0 Å². The van der Waals surface area contributed by atoms with Gasteiger partial charge in [-0.05, 0) is 43.2 Å². The topological polar surface area (TPSA) is 120 Å². The normalized spacial score (nSPS) is 13.6. The maximum absolute atomic E-state index is 13.1. The summed E-state index contributed by atoms with van der Waals surface area (Å²) >= 11 is 0. The molecule has 174 valence electrons. The summed E-state index contributed by atoms with van der Waals surface area (Å²) in [4.78, 5) is 38.7. The van der Waals surface area contributed by atoms with E-state index >= 15 is 0 Å². The number of nitrogens with zero attached hydrogens (tertiary/aromatic N) is 4. The first kappa shape index (κ1) is 21.0. The van der Waals surface area contributed by atoms with Crippen LogP contribution in [-0.2, 0) is 4.79 Å². The Morgan fingerprint density at radius 3 is 2.66 bits per heavy atom. The van der Waals surface area contributed by atoms with E-state index in [-0.39, 0.29) is 11.8 Å². The fourth-order valence-corrected chi connectivity index (χ4v) is 4.70. The second kappa shape index (κ2) is 8.35.